The monoisotopic (exact) mass is 327 g/mol. The zero-order chi connectivity index (χ0) is 17.4. The van der Waals surface area contributed by atoms with Gasteiger partial charge in [0, 0.05) is 6.61 Å². The first-order chi connectivity index (χ1) is 11.6. The van der Waals surface area contributed by atoms with E-state index in [4.69, 9.17) is 5.11 Å². The van der Waals surface area contributed by atoms with Crippen molar-refractivity contribution in [2.24, 2.45) is 0 Å². The van der Waals surface area contributed by atoms with E-state index in [2.05, 4.69) is 5.32 Å². The third-order valence-corrected chi connectivity index (χ3v) is 3.79. The number of benzene rings is 2. The molecule has 0 aliphatic heterocycles. The summed E-state index contributed by atoms with van der Waals surface area (Å²) in [5, 5.41) is 20.8. The first kappa shape index (κ1) is 17.7. The molecule has 0 saturated carbocycles. The number of aliphatic carboxylic acids is 1. The number of hydrogen-bond acceptors (Lipinski definition) is 3. The molecule has 1 atom stereocenters. The highest BCUT2D eigenvalue weighted by atomic mass is 16.4. The lowest BCUT2D eigenvalue weighted by atomic mass is 9.90. The third-order valence-electron chi connectivity index (χ3n) is 3.79. The number of aliphatic hydroxyl groups is 1. The number of hydrogen-bond donors (Lipinski definition) is 3. The molecule has 2 aromatic rings. The molecule has 2 rings (SSSR count). The molecule has 5 heteroatoms. The van der Waals surface area contributed by atoms with Crippen LogP contribution >= 0.6 is 0 Å². The number of amides is 1. The Balaban J connectivity index is 2.26. The minimum absolute atomic E-state index is 0.111. The van der Waals surface area contributed by atoms with E-state index in [1.807, 2.05) is 60.7 Å². The first-order valence-electron chi connectivity index (χ1n) is 7.87. The highest BCUT2D eigenvalue weighted by Gasteiger charge is 2.27. The van der Waals surface area contributed by atoms with Crippen molar-refractivity contribution in [3.8, 4) is 0 Å². The van der Waals surface area contributed by atoms with Crippen molar-refractivity contribution in [2.75, 3.05) is 6.61 Å². The summed E-state index contributed by atoms with van der Waals surface area (Å²) >= 11 is 0. The summed E-state index contributed by atoms with van der Waals surface area (Å²) < 4.78 is 0. The van der Waals surface area contributed by atoms with Crippen LogP contribution in [0.3, 0.4) is 0 Å². The Labute approximate surface area is 141 Å². The molecule has 0 spiro atoms. The topological polar surface area (TPSA) is 86.6 Å². The normalized spacial score (nSPS) is 11.9. The van der Waals surface area contributed by atoms with Crippen LogP contribution in [0.5, 0.6) is 0 Å². The van der Waals surface area contributed by atoms with Gasteiger partial charge in [-0.2, -0.15) is 0 Å². The van der Waals surface area contributed by atoms with E-state index in [1.165, 1.54) is 0 Å². The van der Waals surface area contributed by atoms with Crippen LogP contribution in [0, 0.1) is 0 Å². The van der Waals surface area contributed by atoms with E-state index in [-0.39, 0.29) is 18.9 Å². The minimum Gasteiger partial charge on any atom is -0.480 e. The number of carboxylic acid groups (broad SMARTS) is 1. The molecule has 0 bridgehead atoms. The van der Waals surface area contributed by atoms with Crippen molar-refractivity contribution >= 4 is 11.9 Å². The van der Waals surface area contributed by atoms with Crippen LogP contribution in [0.15, 0.2) is 60.7 Å². The average molecular weight is 327 g/mol. The summed E-state index contributed by atoms with van der Waals surface area (Å²) in [7, 11) is 0. The Kier molecular flexibility index (Phi) is 6.51. The summed E-state index contributed by atoms with van der Waals surface area (Å²) in [4.78, 5) is 24.1. The molecule has 0 saturated heterocycles. The molecule has 0 aliphatic carbocycles. The van der Waals surface area contributed by atoms with Crippen molar-refractivity contribution in [3.63, 3.8) is 0 Å². The van der Waals surface area contributed by atoms with Crippen LogP contribution in [-0.4, -0.2) is 34.7 Å². The number of carbonyl (C=O) groups excluding carboxylic acids is 1. The highest BCUT2D eigenvalue weighted by Crippen LogP contribution is 2.25. The summed E-state index contributed by atoms with van der Waals surface area (Å²) in [5.41, 5.74) is 1.60. The van der Waals surface area contributed by atoms with Gasteiger partial charge in [0.25, 0.3) is 0 Å². The van der Waals surface area contributed by atoms with E-state index in [1.54, 1.807) is 0 Å². The maximum atomic E-state index is 12.8. The smallest absolute Gasteiger partial charge is 0.326 e. The predicted octanol–water partition coefficient (Wildman–Crippen LogP) is 2.16. The number of rotatable bonds is 8. The molecule has 126 valence electrons. The number of nitrogens with one attached hydrogen (secondary N) is 1. The van der Waals surface area contributed by atoms with Gasteiger partial charge < -0.3 is 15.5 Å². The molecule has 5 nitrogen and oxygen atoms in total. The molecule has 1 unspecified atom stereocenters. The molecule has 2 aromatic carbocycles. The molecule has 0 heterocycles. The number of aliphatic hydroxyl groups excluding tert-OH is 1. The van der Waals surface area contributed by atoms with Gasteiger partial charge in [-0.1, -0.05) is 60.7 Å². The van der Waals surface area contributed by atoms with Gasteiger partial charge in [-0.25, -0.2) is 4.79 Å². The van der Waals surface area contributed by atoms with Gasteiger partial charge in [-0.05, 0) is 24.0 Å². The SMILES string of the molecule is O=C(O)C(CCCO)NC(=O)C(c1ccccc1)c1ccccc1. The van der Waals surface area contributed by atoms with Gasteiger partial charge in [0.15, 0.2) is 0 Å². The van der Waals surface area contributed by atoms with E-state index < -0.39 is 17.9 Å². The lowest BCUT2D eigenvalue weighted by Crippen LogP contribution is -2.43. The van der Waals surface area contributed by atoms with Crippen molar-refractivity contribution in [1.29, 1.82) is 0 Å². The fourth-order valence-corrected chi connectivity index (χ4v) is 2.59. The maximum Gasteiger partial charge on any atom is 0.326 e. The zero-order valence-electron chi connectivity index (χ0n) is 13.3. The average Bonchev–Trinajstić information content (AvgIpc) is 2.60. The van der Waals surface area contributed by atoms with Gasteiger partial charge >= 0.3 is 5.97 Å². The van der Waals surface area contributed by atoms with Gasteiger partial charge in [0.2, 0.25) is 5.91 Å². The van der Waals surface area contributed by atoms with E-state index in [9.17, 15) is 14.7 Å². The molecular formula is C19H21NO4. The standard InChI is InChI=1S/C19H21NO4/c21-13-7-12-16(19(23)24)20-18(22)17(14-8-3-1-4-9-14)15-10-5-2-6-11-15/h1-6,8-11,16-17,21H,7,12-13H2,(H,20,22)(H,23,24). The van der Waals surface area contributed by atoms with Crippen LogP contribution in [-0.2, 0) is 9.59 Å². The van der Waals surface area contributed by atoms with Gasteiger partial charge in [-0.15, -0.1) is 0 Å². The lowest BCUT2D eigenvalue weighted by molar-refractivity contribution is -0.142. The quantitative estimate of drug-likeness (QED) is 0.693. The summed E-state index contributed by atoms with van der Waals surface area (Å²) in [5.74, 6) is -2.04. The molecule has 24 heavy (non-hydrogen) atoms. The fraction of sp³-hybridized carbons (Fsp3) is 0.263. The molecular weight excluding hydrogens is 306 g/mol. The van der Waals surface area contributed by atoms with Crippen LogP contribution < -0.4 is 5.32 Å². The fourth-order valence-electron chi connectivity index (χ4n) is 2.59. The second-order valence-corrected chi connectivity index (χ2v) is 5.52. The van der Waals surface area contributed by atoms with Crippen molar-refractivity contribution < 1.29 is 19.8 Å². The van der Waals surface area contributed by atoms with Crippen molar-refractivity contribution in [2.45, 2.75) is 24.8 Å². The Hall–Kier alpha value is -2.66. The van der Waals surface area contributed by atoms with Crippen molar-refractivity contribution in [1.82, 2.24) is 5.32 Å². The molecule has 1 amide bonds. The molecule has 0 aromatic heterocycles. The Morgan fingerprint density at radius 2 is 1.42 bits per heavy atom. The van der Waals surface area contributed by atoms with Gasteiger partial charge in [0.1, 0.15) is 6.04 Å². The second kappa shape index (κ2) is 8.84. The predicted molar refractivity (Wildman–Crippen MR) is 90.6 cm³/mol. The summed E-state index contributed by atoms with van der Waals surface area (Å²) in [6, 6.07) is 17.5. The largest absolute Gasteiger partial charge is 0.480 e. The number of carboxylic acids is 1. The van der Waals surface area contributed by atoms with Crippen LogP contribution in [0.25, 0.3) is 0 Å². The van der Waals surface area contributed by atoms with Gasteiger partial charge in [0.05, 0.1) is 5.92 Å². The Morgan fingerprint density at radius 3 is 1.83 bits per heavy atom. The number of carbonyl (C=O) groups is 2. The lowest BCUT2D eigenvalue weighted by Gasteiger charge is -2.21. The minimum atomic E-state index is -1.10. The third kappa shape index (κ3) is 4.67. The maximum absolute atomic E-state index is 12.8. The van der Waals surface area contributed by atoms with E-state index in [0.717, 1.165) is 11.1 Å². The Bertz CT molecular complexity index is 618. The molecule has 0 fully saturated rings. The van der Waals surface area contributed by atoms with E-state index >= 15 is 0 Å². The van der Waals surface area contributed by atoms with E-state index in [0.29, 0.717) is 6.42 Å². The second-order valence-electron chi connectivity index (χ2n) is 5.52. The molecule has 3 N–H and O–H groups in total. The van der Waals surface area contributed by atoms with Crippen LogP contribution in [0.4, 0.5) is 0 Å². The summed E-state index contributed by atoms with van der Waals surface area (Å²) in [6.07, 6.45) is 0.506. The molecule has 0 radical (unpaired) electrons. The van der Waals surface area contributed by atoms with Gasteiger partial charge in [-0.3, -0.25) is 4.79 Å². The van der Waals surface area contributed by atoms with Crippen LogP contribution in [0.2, 0.25) is 0 Å². The molecule has 0 aliphatic rings. The summed E-state index contributed by atoms with van der Waals surface area (Å²) in [6.45, 7) is -0.111. The van der Waals surface area contributed by atoms with Crippen molar-refractivity contribution in [3.05, 3.63) is 71.8 Å². The Morgan fingerprint density at radius 1 is 0.917 bits per heavy atom. The van der Waals surface area contributed by atoms with Crippen LogP contribution in [0.1, 0.15) is 29.9 Å². The zero-order valence-corrected chi connectivity index (χ0v) is 13.3. The highest BCUT2D eigenvalue weighted by molar-refractivity contribution is 5.90. The first-order valence-corrected chi connectivity index (χ1v) is 7.87.